The van der Waals surface area contributed by atoms with E-state index in [2.05, 4.69) is 21.9 Å². The molecule has 0 spiro atoms. The minimum atomic E-state index is 0. The molecule has 0 aromatic heterocycles. The number of aromatic hydroxyl groups is 1. The summed E-state index contributed by atoms with van der Waals surface area (Å²) in [6, 6.07) is 13.6. The van der Waals surface area contributed by atoms with Crippen molar-refractivity contribution in [2.24, 2.45) is 0 Å². The van der Waals surface area contributed by atoms with Crippen molar-refractivity contribution in [1.82, 2.24) is 4.90 Å². The Labute approximate surface area is 154 Å². The maximum absolute atomic E-state index is 10.2. The summed E-state index contributed by atoms with van der Waals surface area (Å²) in [5, 5.41) is 11.0. The first-order chi connectivity index (χ1) is 11.2. The molecule has 0 saturated carbocycles. The number of phenols is 1. The first-order valence-electron chi connectivity index (χ1n) is 7.75. The highest BCUT2D eigenvalue weighted by Crippen LogP contribution is 2.30. The maximum Gasteiger partial charge on any atom is 0.162 e. The molecule has 2 aromatic rings. The molecule has 6 heteroatoms. The molecule has 1 fully saturated rings. The molecule has 130 valence electrons. The summed E-state index contributed by atoms with van der Waals surface area (Å²) in [5.41, 5.74) is 2.11. The van der Waals surface area contributed by atoms with Gasteiger partial charge in [0, 0.05) is 49.0 Å². The van der Waals surface area contributed by atoms with Crippen molar-refractivity contribution in [3.05, 3.63) is 53.1 Å². The summed E-state index contributed by atoms with van der Waals surface area (Å²) in [6.45, 7) is 4.58. The molecule has 0 bridgehead atoms. The van der Waals surface area contributed by atoms with Gasteiger partial charge < -0.3 is 14.7 Å². The second kappa shape index (κ2) is 8.47. The van der Waals surface area contributed by atoms with E-state index in [9.17, 15) is 5.11 Å². The normalized spacial score (nSPS) is 15.0. The Kier molecular flexibility index (Phi) is 6.60. The lowest BCUT2D eigenvalue weighted by molar-refractivity contribution is 0.245. The predicted octanol–water partition coefficient (Wildman–Crippen LogP) is 3.80. The highest BCUT2D eigenvalue weighted by Gasteiger charge is 2.19. The SMILES string of the molecule is COc1cccc(CN2CCN(c3ccc(Cl)cc3)CC2)c1O.Cl. The van der Waals surface area contributed by atoms with Crippen molar-refractivity contribution in [2.45, 2.75) is 6.54 Å². The lowest BCUT2D eigenvalue weighted by Crippen LogP contribution is -2.45. The molecule has 3 rings (SSSR count). The van der Waals surface area contributed by atoms with E-state index in [1.165, 1.54) is 5.69 Å². The quantitative estimate of drug-likeness (QED) is 0.890. The molecular weight excluding hydrogens is 347 g/mol. The number of benzene rings is 2. The predicted molar refractivity (Wildman–Crippen MR) is 101 cm³/mol. The van der Waals surface area contributed by atoms with Gasteiger partial charge in [0.1, 0.15) is 0 Å². The molecule has 1 N–H and O–H groups in total. The number of rotatable bonds is 4. The van der Waals surface area contributed by atoms with Crippen LogP contribution in [0.15, 0.2) is 42.5 Å². The number of methoxy groups -OCH3 is 1. The van der Waals surface area contributed by atoms with Gasteiger partial charge in [-0.2, -0.15) is 0 Å². The average Bonchev–Trinajstić information content (AvgIpc) is 2.58. The third-order valence-electron chi connectivity index (χ3n) is 4.26. The fraction of sp³-hybridized carbons (Fsp3) is 0.333. The summed E-state index contributed by atoms with van der Waals surface area (Å²) in [6.07, 6.45) is 0. The molecule has 0 amide bonds. The van der Waals surface area contributed by atoms with Gasteiger partial charge in [0.2, 0.25) is 0 Å². The lowest BCUT2D eigenvalue weighted by atomic mass is 10.1. The van der Waals surface area contributed by atoms with Gasteiger partial charge in [-0.15, -0.1) is 12.4 Å². The number of para-hydroxylation sites is 1. The largest absolute Gasteiger partial charge is 0.504 e. The average molecular weight is 369 g/mol. The molecular formula is C18H22Cl2N2O2. The molecule has 0 aliphatic carbocycles. The van der Waals surface area contributed by atoms with Crippen LogP contribution in [-0.2, 0) is 6.54 Å². The van der Waals surface area contributed by atoms with Crippen molar-refractivity contribution in [1.29, 1.82) is 0 Å². The number of anilines is 1. The van der Waals surface area contributed by atoms with E-state index in [1.54, 1.807) is 13.2 Å². The van der Waals surface area contributed by atoms with Gasteiger partial charge in [0.05, 0.1) is 7.11 Å². The Morgan fingerprint density at radius 1 is 1.04 bits per heavy atom. The van der Waals surface area contributed by atoms with Crippen LogP contribution >= 0.6 is 24.0 Å². The number of piperazine rings is 1. The first kappa shape index (κ1) is 18.7. The van der Waals surface area contributed by atoms with Crippen LogP contribution in [0.3, 0.4) is 0 Å². The topological polar surface area (TPSA) is 35.9 Å². The van der Waals surface area contributed by atoms with Gasteiger partial charge in [0.15, 0.2) is 11.5 Å². The summed E-state index contributed by atoms with van der Waals surface area (Å²) < 4.78 is 5.17. The highest BCUT2D eigenvalue weighted by atomic mass is 35.5. The van der Waals surface area contributed by atoms with Gasteiger partial charge in [-0.3, -0.25) is 4.90 Å². The Bertz CT molecular complexity index is 657. The second-order valence-electron chi connectivity index (χ2n) is 5.71. The Morgan fingerprint density at radius 3 is 2.33 bits per heavy atom. The Balaban J connectivity index is 0.00000208. The third kappa shape index (κ3) is 4.26. The van der Waals surface area contributed by atoms with Crippen LogP contribution in [0.2, 0.25) is 5.02 Å². The van der Waals surface area contributed by atoms with E-state index in [0.717, 1.165) is 43.3 Å². The number of nitrogens with zero attached hydrogens (tertiary/aromatic N) is 2. The van der Waals surface area contributed by atoms with Crippen LogP contribution in [0, 0.1) is 0 Å². The van der Waals surface area contributed by atoms with Crippen molar-refractivity contribution in [3.63, 3.8) is 0 Å². The van der Waals surface area contributed by atoms with Gasteiger partial charge in [-0.05, 0) is 30.3 Å². The smallest absolute Gasteiger partial charge is 0.162 e. The summed E-state index contributed by atoms with van der Waals surface area (Å²) in [5.74, 6) is 0.775. The first-order valence-corrected chi connectivity index (χ1v) is 8.13. The molecule has 0 atom stereocenters. The Hall–Kier alpha value is -1.62. The molecule has 0 radical (unpaired) electrons. The van der Waals surface area contributed by atoms with E-state index < -0.39 is 0 Å². The van der Waals surface area contributed by atoms with Crippen LogP contribution < -0.4 is 9.64 Å². The van der Waals surface area contributed by atoms with E-state index in [0.29, 0.717) is 5.75 Å². The minimum absolute atomic E-state index is 0. The summed E-state index contributed by atoms with van der Waals surface area (Å²) in [7, 11) is 1.57. The molecule has 1 saturated heterocycles. The molecule has 1 aliphatic heterocycles. The number of hydrogen-bond acceptors (Lipinski definition) is 4. The van der Waals surface area contributed by atoms with Crippen LogP contribution in [0.25, 0.3) is 0 Å². The summed E-state index contributed by atoms with van der Waals surface area (Å²) in [4.78, 5) is 4.71. The maximum atomic E-state index is 10.2. The number of phenolic OH excluding ortho intramolecular Hbond substituents is 1. The van der Waals surface area contributed by atoms with E-state index >= 15 is 0 Å². The van der Waals surface area contributed by atoms with Crippen molar-refractivity contribution in [3.8, 4) is 11.5 Å². The van der Waals surface area contributed by atoms with Crippen molar-refractivity contribution >= 4 is 29.7 Å². The summed E-state index contributed by atoms with van der Waals surface area (Å²) >= 11 is 5.94. The van der Waals surface area contributed by atoms with E-state index in [-0.39, 0.29) is 18.2 Å². The van der Waals surface area contributed by atoms with Gasteiger partial charge in [-0.1, -0.05) is 23.7 Å². The number of hydrogen-bond donors (Lipinski definition) is 1. The van der Waals surface area contributed by atoms with Gasteiger partial charge in [-0.25, -0.2) is 0 Å². The Morgan fingerprint density at radius 2 is 1.71 bits per heavy atom. The lowest BCUT2D eigenvalue weighted by Gasteiger charge is -2.36. The van der Waals surface area contributed by atoms with Crippen molar-refractivity contribution in [2.75, 3.05) is 38.2 Å². The zero-order chi connectivity index (χ0) is 16.2. The molecule has 1 aliphatic rings. The third-order valence-corrected chi connectivity index (χ3v) is 4.51. The highest BCUT2D eigenvalue weighted by molar-refractivity contribution is 6.30. The van der Waals surface area contributed by atoms with Crippen LogP contribution in [0.5, 0.6) is 11.5 Å². The molecule has 4 nitrogen and oxygen atoms in total. The fourth-order valence-electron chi connectivity index (χ4n) is 2.92. The minimum Gasteiger partial charge on any atom is -0.504 e. The van der Waals surface area contributed by atoms with Crippen LogP contribution in [0.4, 0.5) is 5.69 Å². The second-order valence-corrected chi connectivity index (χ2v) is 6.14. The number of ether oxygens (including phenoxy) is 1. The fourth-order valence-corrected chi connectivity index (χ4v) is 3.04. The van der Waals surface area contributed by atoms with E-state index in [1.807, 2.05) is 24.3 Å². The zero-order valence-corrected chi connectivity index (χ0v) is 15.2. The van der Waals surface area contributed by atoms with Crippen molar-refractivity contribution < 1.29 is 9.84 Å². The van der Waals surface area contributed by atoms with Crippen LogP contribution in [-0.4, -0.2) is 43.3 Å². The monoisotopic (exact) mass is 368 g/mol. The molecule has 24 heavy (non-hydrogen) atoms. The van der Waals surface area contributed by atoms with Gasteiger partial charge in [0.25, 0.3) is 0 Å². The molecule has 1 heterocycles. The standard InChI is InChI=1S/C18H21ClN2O2.ClH/c1-23-17-4-2-3-14(18(17)22)13-20-9-11-21(12-10-20)16-7-5-15(19)6-8-16;/h2-8,22H,9-13H2,1H3;1H. The van der Waals surface area contributed by atoms with E-state index in [4.69, 9.17) is 16.3 Å². The molecule has 2 aromatic carbocycles. The van der Waals surface area contributed by atoms with Crippen LogP contribution in [0.1, 0.15) is 5.56 Å². The van der Waals surface area contributed by atoms with Gasteiger partial charge >= 0.3 is 0 Å². The molecule has 0 unspecified atom stereocenters. The number of halogens is 2. The zero-order valence-electron chi connectivity index (χ0n) is 13.6.